The van der Waals surface area contributed by atoms with Gasteiger partial charge in [-0.05, 0) is 37.8 Å². The highest BCUT2D eigenvalue weighted by atomic mass is 16.3. The summed E-state index contributed by atoms with van der Waals surface area (Å²) in [4.78, 5) is 0. The van der Waals surface area contributed by atoms with Gasteiger partial charge >= 0.3 is 0 Å². The molecule has 0 aromatic heterocycles. The Labute approximate surface area is 81.2 Å². The van der Waals surface area contributed by atoms with Crippen molar-refractivity contribution in [2.45, 2.75) is 26.7 Å². The van der Waals surface area contributed by atoms with E-state index in [9.17, 15) is 0 Å². The summed E-state index contributed by atoms with van der Waals surface area (Å²) >= 11 is 0. The summed E-state index contributed by atoms with van der Waals surface area (Å²) in [5.41, 5.74) is 0. The van der Waals surface area contributed by atoms with E-state index in [0.717, 1.165) is 25.9 Å². The Morgan fingerprint density at radius 1 is 1.08 bits per heavy atom. The smallest absolute Gasteiger partial charge is 0.0468 e. The summed E-state index contributed by atoms with van der Waals surface area (Å²) in [7, 11) is 0. The first-order chi connectivity index (χ1) is 6.20. The quantitative estimate of drug-likeness (QED) is 0.490. The Balaban J connectivity index is 3.08. The summed E-state index contributed by atoms with van der Waals surface area (Å²) in [6, 6.07) is 0. The van der Waals surface area contributed by atoms with Crippen molar-refractivity contribution in [1.29, 1.82) is 0 Å². The van der Waals surface area contributed by atoms with Crippen molar-refractivity contribution in [2.24, 2.45) is 11.8 Å². The molecule has 0 aromatic carbocycles. The van der Waals surface area contributed by atoms with Gasteiger partial charge in [0.15, 0.2) is 0 Å². The zero-order valence-corrected chi connectivity index (χ0v) is 8.79. The molecule has 2 atom stereocenters. The first kappa shape index (κ1) is 12.9. The van der Waals surface area contributed by atoms with Gasteiger partial charge in [0, 0.05) is 13.2 Å². The third-order valence-electron chi connectivity index (χ3n) is 2.17. The van der Waals surface area contributed by atoms with Crippen molar-refractivity contribution < 1.29 is 10.2 Å². The number of nitrogens with one attached hydrogen (secondary N) is 1. The summed E-state index contributed by atoms with van der Waals surface area (Å²) in [6.07, 6.45) is 2.16. The van der Waals surface area contributed by atoms with Crippen LogP contribution in [0.5, 0.6) is 0 Å². The lowest BCUT2D eigenvalue weighted by Gasteiger charge is -2.10. The molecule has 3 heteroatoms. The summed E-state index contributed by atoms with van der Waals surface area (Å²) in [5, 5.41) is 20.8. The van der Waals surface area contributed by atoms with Crippen molar-refractivity contribution in [3.05, 3.63) is 0 Å². The second-order valence-electron chi connectivity index (χ2n) is 3.92. The normalized spacial score (nSPS) is 15.7. The van der Waals surface area contributed by atoms with Crippen LogP contribution in [0.25, 0.3) is 0 Å². The van der Waals surface area contributed by atoms with E-state index in [-0.39, 0.29) is 13.2 Å². The molecule has 3 N–H and O–H groups in total. The number of aliphatic hydroxyl groups is 2. The van der Waals surface area contributed by atoms with Crippen LogP contribution in [0.15, 0.2) is 0 Å². The first-order valence-electron chi connectivity index (χ1n) is 5.13. The molecule has 0 spiro atoms. The van der Waals surface area contributed by atoms with E-state index < -0.39 is 0 Å². The maximum atomic E-state index is 8.76. The number of aliphatic hydroxyl groups excluding tert-OH is 2. The van der Waals surface area contributed by atoms with Gasteiger partial charge in [-0.2, -0.15) is 0 Å². The highest BCUT2D eigenvalue weighted by molar-refractivity contribution is 4.57. The molecule has 13 heavy (non-hydrogen) atoms. The van der Waals surface area contributed by atoms with Crippen LogP contribution in [0, 0.1) is 11.8 Å². The van der Waals surface area contributed by atoms with Crippen LogP contribution in [0.3, 0.4) is 0 Å². The molecule has 0 aliphatic rings. The number of rotatable bonds is 8. The highest BCUT2D eigenvalue weighted by Gasteiger charge is 2.00. The Morgan fingerprint density at radius 3 is 2.23 bits per heavy atom. The van der Waals surface area contributed by atoms with Gasteiger partial charge in [-0.15, -0.1) is 0 Å². The van der Waals surface area contributed by atoms with Crippen LogP contribution in [0.4, 0.5) is 0 Å². The summed E-state index contributed by atoms with van der Waals surface area (Å²) in [5.74, 6) is 0.757. The molecule has 0 fully saturated rings. The molecule has 0 rings (SSSR count). The lowest BCUT2D eigenvalue weighted by molar-refractivity contribution is 0.224. The van der Waals surface area contributed by atoms with Crippen molar-refractivity contribution in [1.82, 2.24) is 5.32 Å². The molecule has 0 bridgehead atoms. The molecule has 80 valence electrons. The topological polar surface area (TPSA) is 52.5 Å². The molecule has 0 saturated carbocycles. The summed E-state index contributed by atoms with van der Waals surface area (Å²) < 4.78 is 0. The van der Waals surface area contributed by atoms with E-state index in [1.807, 2.05) is 6.92 Å². The molecule has 0 aromatic rings. The Hall–Kier alpha value is -0.120. The Bertz CT molecular complexity index is 97.1. The van der Waals surface area contributed by atoms with Gasteiger partial charge in [0.1, 0.15) is 0 Å². The van der Waals surface area contributed by atoms with Gasteiger partial charge in [0.2, 0.25) is 0 Å². The monoisotopic (exact) mass is 189 g/mol. The van der Waals surface area contributed by atoms with Crippen LogP contribution in [-0.4, -0.2) is 36.5 Å². The van der Waals surface area contributed by atoms with Crippen molar-refractivity contribution >= 4 is 0 Å². The Morgan fingerprint density at radius 2 is 1.69 bits per heavy atom. The van der Waals surface area contributed by atoms with E-state index in [1.54, 1.807) is 0 Å². The van der Waals surface area contributed by atoms with Gasteiger partial charge < -0.3 is 15.5 Å². The minimum absolute atomic E-state index is 0.250. The number of hydrogen-bond donors (Lipinski definition) is 3. The Kier molecular flexibility index (Phi) is 8.40. The largest absolute Gasteiger partial charge is 0.396 e. The van der Waals surface area contributed by atoms with Gasteiger partial charge in [-0.3, -0.25) is 0 Å². The molecule has 0 heterocycles. The number of hydrogen-bond acceptors (Lipinski definition) is 3. The fourth-order valence-corrected chi connectivity index (χ4v) is 1.08. The van der Waals surface area contributed by atoms with Gasteiger partial charge in [0.05, 0.1) is 0 Å². The van der Waals surface area contributed by atoms with Crippen LogP contribution < -0.4 is 5.32 Å². The van der Waals surface area contributed by atoms with E-state index in [0.29, 0.717) is 11.8 Å². The van der Waals surface area contributed by atoms with Crippen molar-refractivity contribution in [2.75, 3.05) is 26.3 Å². The minimum Gasteiger partial charge on any atom is -0.396 e. The molecule has 3 nitrogen and oxygen atoms in total. The average Bonchev–Trinajstić information content (AvgIpc) is 2.16. The van der Waals surface area contributed by atoms with E-state index in [1.165, 1.54) is 0 Å². The summed E-state index contributed by atoms with van der Waals surface area (Å²) in [6.45, 7) is 6.46. The van der Waals surface area contributed by atoms with Gasteiger partial charge in [-0.25, -0.2) is 0 Å². The third-order valence-corrected chi connectivity index (χ3v) is 2.17. The molecule has 2 unspecified atom stereocenters. The molecule has 0 aliphatic carbocycles. The third kappa shape index (κ3) is 8.22. The van der Waals surface area contributed by atoms with Crippen LogP contribution >= 0.6 is 0 Å². The van der Waals surface area contributed by atoms with E-state index >= 15 is 0 Å². The lowest BCUT2D eigenvalue weighted by Crippen LogP contribution is -2.24. The molecule has 0 aliphatic heterocycles. The molecule has 0 radical (unpaired) electrons. The SMILES string of the molecule is CC(CO)CCCNCC(C)CO. The van der Waals surface area contributed by atoms with E-state index in [4.69, 9.17) is 10.2 Å². The van der Waals surface area contributed by atoms with Gasteiger partial charge in [-0.1, -0.05) is 13.8 Å². The van der Waals surface area contributed by atoms with Crippen LogP contribution in [0.1, 0.15) is 26.7 Å². The average molecular weight is 189 g/mol. The maximum Gasteiger partial charge on any atom is 0.0468 e. The molecular formula is C10H23NO2. The first-order valence-corrected chi connectivity index (χ1v) is 5.13. The lowest BCUT2D eigenvalue weighted by atomic mass is 10.1. The molecule has 0 amide bonds. The maximum absolute atomic E-state index is 8.76. The van der Waals surface area contributed by atoms with Crippen molar-refractivity contribution in [3.8, 4) is 0 Å². The van der Waals surface area contributed by atoms with Crippen LogP contribution in [-0.2, 0) is 0 Å². The van der Waals surface area contributed by atoms with Gasteiger partial charge in [0.25, 0.3) is 0 Å². The van der Waals surface area contributed by atoms with Crippen molar-refractivity contribution in [3.63, 3.8) is 0 Å². The molecule has 0 saturated heterocycles. The van der Waals surface area contributed by atoms with Crippen LogP contribution in [0.2, 0.25) is 0 Å². The predicted molar refractivity (Wildman–Crippen MR) is 54.6 cm³/mol. The highest BCUT2D eigenvalue weighted by Crippen LogP contribution is 2.02. The molecular weight excluding hydrogens is 166 g/mol. The predicted octanol–water partition coefficient (Wildman–Crippen LogP) is 0.613. The standard InChI is InChI=1S/C10H23NO2/c1-9(7-12)4-3-5-11-6-10(2)8-13/h9-13H,3-8H2,1-2H3. The fraction of sp³-hybridized carbons (Fsp3) is 1.00. The zero-order chi connectivity index (χ0) is 10.1. The van der Waals surface area contributed by atoms with E-state index in [2.05, 4.69) is 12.2 Å². The zero-order valence-electron chi connectivity index (χ0n) is 8.79. The minimum atomic E-state index is 0.250. The second-order valence-corrected chi connectivity index (χ2v) is 3.92. The second kappa shape index (κ2) is 8.48. The fourth-order valence-electron chi connectivity index (χ4n) is 1.08.